The second-order valence-corrected chi connectivity index (χ2v) is 3.75. The van der Waals surface area contributed by atoms with Crippen molar-refractivity contribution in [3.63, 3.8) is 0 Å². The van der Waals surface area contributed by atoms with Crippen molar-refractivity contribution in [1.82, 2.24) is 15.2 Å². The Morgan fingerprint density at radius 2 is 2.38 bits per heavy atom. The standard InChI is InChI=1S/C9H16N4/c1-2-3-7-11-9(13-12-7)8(10)6-4-5-6/h6,8H,2-5,10H2,1H3,(H,11,12,13). The Bertz CT molecular complexity index is 277. The molecule has 0 spiro atoms. The molecule has 0 amide bonds. The van der Waals surface area contributed by atoms with E-state index in [-0.39, 0.29) is 6.04 Å². The highest BCUT2D eigenvalue weighted by Gasteiger charge is 2.31. The fraction of sp³-hybridized carbons (Fsp3) is 0.778. The molecule has 1 aromatic heterocycles. The van der Waals surface area contributed by atoms with E-state index >= 15 is 0 Å². The van der Waals surface area contributed by atoms with Gasteiger partial charge < -0.3 is 5.73 Å². The minimum Gasteiger partial charge on any atom is -0.321 e. The second-order valence-electron chi connectivity index (χ2n) is 3.75. The lowest BCUT2D eigenvalue weighted by Crippen LogP contribution is -2.14. The van der Waals surface area contributed by atoms with E-state index in [1.165, 1.54) is 12.8 Å². The van der Waals surface area contributed by atoms with Crippen LogP contribution in [0.5, 0.6) is 0 Å². The molecule has 3 N–H and O–H groups in total. The number of hydrogen-bond acceptors (Lipinski definition) is 3. The molecule has 0 aromatic carbocycles. The monoisotopic (exact) mass is 180 g/mol. The molecule has 0 bridgehead atoms. The number of nitrogens with one attached hydrogen (secondary N) is 1. The van der Waals surface area contributed by atoms with Gasteiger partial charge in [-0.05, 0) is 25.2 Å². The van der Waals surface area contributed by atoms with Gasteiger partial charge in [-0.25, -0.2) is 4.98 Å². The summed E-state index contributed by atoms with van der Waals surface area (Å²) in [6, 6.07) is 0.0573. The third kappa shape index (κ3) is 1.88. The first kappa shape index (κ1) is 8.69. The Labute approximate surface area is 77.9 Å². The molecule has 0 radical (unpaired) electrons. The summed E-state index contributed by atoms with van der Waals surface area (Å²) in [5.41, 5.74) is 5.96. The summed E-state index contributed by atoms with van der Waals surface area (Å²) in [5, 5.41) is 7.06. The van der Waals surface area contributed by atoms with E-state index in [2.05, 4.69) is 22.1 Å². The van der Waals surface area contributed by atoms with Crippen molar-refractivity contribution in [2.45, 2.75) is 38.6 Å². The number of hydrogen-bond donors (Lipinski definition) is 2. The van der Waals surface area contributed by atoms with Crippen molar-refractivity contribution in [1.29, 1.82) is 0 Å². The van der Waals surface area contributed by atoms with Crippen molar-refractivity contribution in [2.75, 3.05) is 0 Å². The molecule has 1 fully saturated rings. The average Bonchev–Trinajstić information content (AvgIpc) is 2.87. The van der Waals surface area contributed by atoms with Gasteiger partial charge in [-0.3, -0.25) is 5.10 Å². The summed E-state index contributed by atoms with van der Waals surface area (Å²) in [6.07, 6.45) is 4.52. The van der Waals surface area contributed by atoms with Crippen LogP contribution in [-0.2, 0) is 6.42 Å². The lowest BCUT2D eigenvalue weighted by molar-refractivity contribution is 0.595. The van der Waals surface area contributed by atoms with Crippen molar-refractivity contribution >= 4 is 0 Å². The van der Waals surface area contributed by atoms with Gasteiger partial charge in [-0.2, -0.15) is 5.10 Å². The van der Waals surface area contributed by atoms with Crippen LogP contribution >= 0.6 is 0 Å². The Morgan fingerprint density at radius 1 is 1.62 bits per heavy atom. The zero-order chi connectivity index (χ0) is 9.26. The van der Waals surface area contributed by atoms with Crippen LogP contribution < -0.4 is 5.73 Å². The Hall–Kier alpha value is -0.900. The van der Waals surface area contributed by atoms with Gasteiger partial charge >= 0.3 is 0 Å². The van der Waals surface area contributed by atoms with Crippen LogP contribution in [0, 0.1) is 5.92 Å². The van der Waals surface area contributed by atoms with Crippen molar-refractivity contribution in [2.24, 2.45) is 11.7 Å². The minimum atomic E-state index is 0.0573. The zero-order valence-electron chi connectivity index (χ0n) is 7.95. The quantitative estimate of drug-likeness (QED) is 0.730. The van der Waals surface area contributed by atoms with Crippen LogP contribution in [-0.4, -0.2) is 15.2 Å². The van der Waals surface area contributed by atoms with Gasteiger partial charge in [-0.15, -0.1) is 0 Å². The Kier molecular flexibility index (Phi) is 2.31. The molecular formula is C9H16N4. The molecular weight excluding hydrogens is 164 g/mol. The number of H-pyrrole nitrogens is 1. The van der Waals surface area contributed by atoms with Crippen LogP contribution in [0.4, 0.5) is 0 Å². The molecule has 1 aromatic rings. The van der Waals surface area contributed by atoms with Crippen LogP contribution in [0.15, 0.2) is 0 Å². The Morgan fingerprint density at radius 3 is 3.00 bits per heavy atom. The SMILES string of the molecule is CCCc1nc(C(N)C2CC2)n[nH]1. The number of nitrogens with two attached hydrogens (primary N) is 1. The van der Waals surface area contributed by atoms with Crippen molar-refractivity contribution in [3.05, 3.63) is 11.6 Å². The highest BCUT2D eigenvalue weighted by molar-refractivity contribution is 5.01. The van der Waals surface area contributed by atoms with Crippen LogP contribution in [0.25, 0.3) is 0 Å². The van der Waals surface area contributed by atoms with E-state index < -0.39 is 0 Å². The first-order valence-corrected chi connectivity index (χ1v) is 4.98. The molecule has 1 heterocycles. The lowest BCUT2D eigenvalue weighted by atomic mass is 10.2. The largest absolute Gasteiger partial charge is 0.321 e. The first-order chi connectivity index (χ1) is 6.31. The summed E-state index contributed by atoms with van der Waals surface area (Å²) in [6.45, 7) is 2.13. The maximum absolute atomic E-state index is 5.96. The van der Waals surface area contributed by atoms with Gasteiger partial charge in [0.2, 0.25) is 0 Å². The molecule has 0 aliphatic heterocycles. The molecule has 1 unspecified atom stereocenters. The highest BCUT2D eigenvalue weighted by Crippen LogP contribution is 2.38. The normalized spacial score (nSPS) is 18.9. The molecule has 72 valence electrons. The van der Waals surface area contributed by atoms with Gasteiger partial charge in [0.15, 0.2) is 5.82 Å². The van der Waals surface area contributed by atoms with Gasteiger partial charge in [0, 0.05) is 6.42 Å². The molecule has 0 saturated heterocycles. The van der Waals surface area contributed by atoms with Crippen LogP contribution in [0.1, 0.15) is 43.9 Å². The van der Waals surface area contributed by atoms with Crippen molar-refractivity contribution in [3.8, 4) is 0 Å². The summed E-state index contributed by atoms with van der Waals surface area (Å²) in [7, 11) is 0. The fourth-order valence-corrected chi connectivity index (χ4v) is 1.47. The van der Waals surface area contributed by atoms with E-state index in [1.54, 1.807) is 0 Å². The maximum atomic E-state index is 5.96. The van der Waals surface area contributed by atoms with Crippen LogP contribution in [0.3, 0.4) is 0 Å². The topological polar surface area (TPSA) is 67.6 Å². The zero-order valence-corrected chi connectivity index (χ0v) is 7.95. The molecule has 1 aliphatic carbocycles. The predicted molar refractivity (Wildman–Crippen MR) is 50.0 cm³/mol. The second kappa shape index (κ2) is 3.46. The minimum absolute atomic E-state index is 0.0573. The number of aryl methyl sites for hydroxylation is 1. The number of nitrogens with zero attached hydrogens (tertiary/aromatic N) is 2. The molecule has 13 heavy (non-hydrogen) atoms. The van der Waals surface area contributed by atoms with Gasteiger partial charge in [0.25, 0.3) is 0 Å². The van der Waals surface area contributed by atoms with E-state index in [1.807, 2.05) is 0 Å². The predicted octanol–water partition coefficient (Wildman–Crippen LogP) is 1.17. The van der Waals surface area contributed by atoms with E-state index in [9.17, 15) is 0 Å². The Balaban J connectivity index is 2.03. The summed E-state index contributed by atoms with van der Waals surface area (Å²) < 4.78 is 0. The third-order valence-electron chi connectivity index (χ3n) is 2.46. The molecule has 1 atom stereocenters. The smallest absolute Gasteiger partial charge is 0.167 e. The van der Waals surface area contributed by atoms with Gasteiger partial charge in [0.05, 0.1) is 6.04 Å². The van der Waals surface area contributed by atoms with Gasteiger partial charge in [-0.1, -0.05) is 6.92 Å². The van der Waals surface area contributed by atoms with E-state index in [0.29, 0.717) is 5.92 Å². The number of aromatic nitrogens is 3. The number of rotatable bonds is 4. The van der Waals surface area contributed by atoms with Crippen molar-refractivity contribution < 1.29 is 0 Å². The summed E-state index contributed by atoms with van der Waals surface area (Å²) in [4.78, 5) is 4.37. The molecule has 4 nitrogen and oxygen atoms in total. The average molecular weight is 180 g/mol. The summed E-state index contributed by atoms with van der Waals surface area (Å²) in [5.74, 6) is 2.39. The van der Waals surface area contributed by atoms with E-state index in [4.69, 9.17) is 5.73 Å². The molecule has 1 aliphatic rings. The third-order valence-corrected chi connectivity index (χ3v) is 2.46. The fourth-order valence-electron chi connectivity index (χ4n) is 1.47. The first-order valence-electron chi connectivity index (χ1n) is 4.98. The van der Waals surface area contributed by atoms with Crippen LogP contribution in [0.2, 0.25) is 0 Å². The van der Waals surface area contributed by atoms with Gasteiger partial charge in [0.1, 0.15) is 5.82 Å². The number of aromatic amines is 1. The maximum Gasteiger partial charge on any atom is 0.167 e. The highest BCUT2D eigenvalue weighted by atomic mass is 15.2. The molecule has 2 rings (SSSR count). The van der Waals surface area contributed by atoms with E-state index in [0.717, 1.165) is 24.5 Å². The molecule has 4 heteroatoms. The summed E-state index contributed by atoms with van der Waals surface area (Å²) >= 11 is 0. The lowest BCUT2D eigenvalue weighted by Gasteiger charge is -2.02. The molecule has 1 saturated carbocycles.